The summed E-state index contributed by atoms with van der Waals surface area (Å²) in [6.45, 7) is 1.90. The Labute approximate surface area is 110 Å². The highest BCUT2D eigenvalue weighted by molar-refractivity contribution is 6.35. The van der Waals surface area contributed by atoms with Gasteiger partial charge in [0, 0.05) is 11.9 Å². The quantitative estimate of drug-likeness (QED) is 0.817. The molecule has 0 aliphatic rings. The van der Waals surface area contributed by atoms with Gasteiger partial charge in [0.25, 0.3) is 5.91 Å². The zero-order valence-corrected chi connectivity index (χ0v) is 10.5. The molecule has 1 amide bonds. The van der Waals surface area contributed by atoms with Gasteiger partial charge in [-0.3, -0.25) is 9.78 Å². The van der Waals surface area contributed by atoms with Crippen LogP contribution in [-0.4, -0.2) is 10.9 Å². The van der Waals surface area contributed by atoms with Crippen LogP contribution in [0.4, 0.5) is 11.4 Å². The molecule has 0 saturated heterocycles. The first-order chi connectivity index (χ1) is 8.58. The number of rotatable bonds is 2. The average molecular weight is 262 g/mol. The number of carbonyl (C=O) groups excluding carboxylic acids is 1. The number of aromatic nitrogens is 1. The van der Waals surface area contributed by atoms with E-state index in [1.807, 2.05) is 13.0 Å². The summed E-state index contributed by atoms with van der Waals surface area (Å²) in [4.78, 5) is 16.1. The van der Waals surface area contributed by atoms with Crippen LogP contribution in [0.15, 0.2) is 36.7 Å². The summed E-state index contributed by atoms with van der Waals surface area (Å²) in [5.74, 6) is -0.342. The lowest BCUT2D eigenvalue weighted by molar-refractivity contribution is 0.102. The smallest absolute Gasteiger partial charge is 0.259 e. The van der Waals surface area contributed by atoms with Crippen molar-refractivity contribution in [3.63, 3.8) is 0 Å². The van der Waals surface area contributed by atoms with Gasteiger partial charge in [-0.2, -0.15) is 0 Å². The zero-order chi connectivity index (χ0) is 13.1. The molecule has 3 N–H and O–H groups in total. The summed E-state index contributed by atoms with van der Waals surface area (Å²) in [6, 6.07) is 6.78. The molecule has 0 radical (unpaired) electrons. The second-order valence-electron chi connectivity index (χ2n) is 3.91. The van der Waals surface area contributed by atoms with E-state index in [-0.39, 0.29) is 11.5 Å². The molecule has 0 atom stereocenters. The molecule has 0 aliphatic heterocycles. The van der Waals surface area contributed by atoms with Crippen molar-refractivity contribution in [3.05, 3.63) is 52.8 Å². The molecule has 2 rings (SSSR count). The number of halogens is 1. The molecule has 1 heterocycles. The predicted octanol–water partition coefficient (Wildman–Crippen LogP) is 2.88. The van der Waals surface area contributed by atoms with Crippen LogP contribution >= 0.6 is 11.6 Å². The number of benzene rings is 1. The van der Waals surface area contributed by atoms with Crippen molar-refractivity contribution in [2.24, 2.45) is 0 Å². The Morgan fingerprint density at radius 1 is 1.39 bits per heavy atom. The van der Waals surface area contributed by atoms with Crippen molar-refractivity contribution in [1.29, 1.82) is 0 Å². The number of nitrogens with zero attached hydrogens (tertiary/aromatic N) is 1. The molecular weight excluding hydrogens is 250 g/mol. The summed E-state index contributed by atoms with van der Waals surface area (Å²) in [5, 5.41) is 3.04. The minimum absolute atomic E-state index is 0.278. The number of anilines is 2. The van der Waals surface area contributed by atoms with Crippen molar-refractivity contribution < 1.29 is 4.79 Å². The molecule has 0 spiro atoms. The molecule has 18 heavy (non-hydrogen) atoms. The number of aryl methyl sites for hydroxylation is 1. The van der Waals surface area contributed by atoms with Crippen LogP contribution in [0.5, 0.6) is 0 Å². The predicted molar refractivity (Wildman–Crippen MR) is 72.8 cm³/mol. The summed E-state index contributed by atoms with van der Waals surface area (Å²) in [6.07, 6.45) is 3.28. The van der Waals surface area contributed by atoms with Crippen LogP contribution in [0, 0.1) is 6.92 Å². The number of hydrogen-bond donors (Lipinski definition) is 2. The van der Waals surface area contributed by atoms with Crippen LogP contribution in [0.1, 0.15) is 15.9 Å². The number of amides is 1. The van der Waals surface area contributed by atoms with Crippen LogP contribution in [-0.2, 0) is 0 Å². The molecule has 4 nitrogen and oxygen atoms in total. The Morgan fingerprint density at radius 2 is 2.17 bits per heavy atom. The molecule has 5 heteroatoms. The number of nitrogen functional groups attached to an aromatic ring is 1. The molecule has 0 fully saturated rings. The van der Waals surface area contributed by atoms with Gasteiger partial charge in [0.15, 0.2) is 0 Å². The fourth-order valence-corrected chi connectivity index (χ4v) is 1.86. The van der Waals surface area contributed by atoms with Crippen LogP contribution in [0.3, 0.4) is 0 Å². The average Bonchev–Trinajstić information content (AvgIpc) is 2.28. The Bertz CT molecular complexity index is 578. The highest BCUT2D eigenvalue weighted by Gasteiger charge is 2.13. The van der Waals surface area contributed by atoms with Crippen molar-refractivity contribution in [2.45, 2.75) is 6.92 Å². The van der Waals surface area contributed by atoms with Crippen LogP contribution < -0.4 is 11.1 Å². The summed E-state index contributed by atoms with van der Waals surface area (Å²) >= 11 is 5.97. The van der Waals surface area contributed by atoms with Gasteiger partial charge >= 0.3 is 0 Å². The Morgan fingerprint density at radius 3 is 2.83 bits per heavy atom. The van der Waals surface area contributed by atoms with Gasteiger partial charge in [0.2, 0.25) is 0 Å². The van der Waals surface area contributed by atoms with Gasteiger partial charge in [-0.1, -0.05) is 17.7 Å². The third-order valence-corrected chi connectivity index (χ3v) is 2.72. The normalized spacial score (nSPS) is 10.1. The number of nitrogens with one attached hydrogen (secondary N) is 1. The molecule has 0 bridgehead atoms. The lowest BCUT2D eigenvalue weighted by Gasteiger charge is -2.09. The molecule has 92 valence electrons. The third kappa shape index (κ3) is 2.60. The molecular formula is C13H12ClN3O. The summed E-state index contributed by atoms with van der Waals surface area (Å²) < 4.78 is 0. The van der Waals surface area contributed by atoms with E-state index in [1.165, 1.54) is 0 Å². The second kappa shape index (κ2) is 5.06. The van der Waals surface area contributed by atoms with Gasteiger partial charge in [-0.25, -0.2) is 0 Å². The molecule has 1 aromatic heterocycles. The van der Waals surface area contributed by atoms with Gasteiger partial charge in [0.05, 0.1) is 22.5 Å². The van der Waals surface area contributed by atoms with Crippen molar-refractivity contribution in [1.82, 2.24) is 4.98 Å². The molecule has 2 aromatic rings. The first-order valence-electron chi connectivity index (χ1n) is 5.35. The monoisotopic (exact) mass is 261 g/mol. The first-order valence-corrected chi connectivity index (χ1v) is 5.72. The fraction of sp³-hybridized carbons (Fsp3) is 0.0769. The maximum atomic E-state index is 12.1. The summed E-state index contributed by atoms with van der Waals surface area (Å²) in [7, 11) is 0. The van der Waals surface area contributed by atoms with E-state index in [4.69, 9.17) is 17.3 Å². The third-order valence-electron chi connectivity index (χ3n) is 2.41. The number of nitrogens with two attached hydrogens (primary N) is 1. The SMILES string of the molecule is Cc1cncc(NC(=O)c2c(N)cccc2Cl)c1. The molecule has 0 unspecified atom stereocenters. The Kier molecular flexibility index (Phi) is 3.48. The minimum Gasteiger partial charge on any atom is -0.398 e. The number of carbonyl (C=O) groups is 1. The van der Waals surface area contributed by atoms with Gasteiger partial charge < -0.3 is 11.1 Å². The second-order valence-corrected chi connectivity index (χ2v) is 4.32. The Balaban J connectivity index is 2.28. The molecule has 0 aliphatic carbocycles. The van der Waals surface area contributed by atoms with E-state index in [0.29, 0.717) is 16.4 Å². The van der Waals surface area contributed by atoms with E-state index in [2.05, 4.69) is 10.3 Å². The van der Waals surface area contributed by atoms with E-state index < -0.39 is 0 Å². The summed E-state index contributed by atoms with van der Waals surface area (Å²) in [5.41, 5.74) is 7.94. The number of hydrogen-bond acceptors (Lipinski definition) is 3. The van der Waals surface area contributed by atoms with E-state index in [0.717, 1.165) is 5.56 Å². The maximum absolute atomic E-state index is 12.1. The van der Waals surface area contributed by atoms with E-state index >= 15 is 0 Å². The minimum atomic E-state index is -0.342. The fourth-order valence-electron chi connectivity index (χ4n) is 1.60. The van der Waals surface area contributed by atoms with Crippen LogP contribution in [0.2, 0.25) is 5.02 Å². The number of pyridine rings is 1. The van der Waals surface area contributed by atoms with Crippen molar-refractivity contribution >= 4 is 28.9 Å². The maximum Gasteiger partial charge on any atom is 0.259 e. The van der Waals surface area contributed by atoms with Crippen molar-refractivity contribution in [2.75, 3.05) is 11.1 Å². The standard InChI is InChI=1S/C13H12ClN3O/c1-8-5-9(7-16-6-8)17-13(18)12-10(14)3-2-4-11(12)15/h2-7H,15H2,1H3,(H,17,18). The topological polar surface area (TPSA) is 68.0 Å². The van der Waals surface area contributed by atoms with Gasteiger partial charge in [0.1, 0.15) is 0 Å². The zero-order valence-electron chi connectivity index (χ0n) is 9.77. The lowest BCUT2D eigenvalue weighted by Crippen LogP contribution is -2.14. The van der Waals surface area contributed by atoms with E-state index in [9.17, 15) is 4.79 Å². The van der Waals surface area contributed by atoms with Gasteiger partial charge in [-0.05, 0) is 30.7 Å². The Hall–Kier alpha value is -2.07. The van der Waals surface area contributed by atoms with Crippen molar-refractivity contribution in [3.8, 4) is 0 Å². The van der Waals surface area contributed by atoms with Gasteiger partial charge in [-0.15, -0.1) is 0 Å². The first kappa shape index (κ1) is 12.4. The molecule has 1 aromatic carbocycles. The highest BCUT2D eigenvalue weighted by atomic mass is 35.5. The van der Waals surface area contributed by atoms with E-state index in [1.54, 1.807) is 30.6 Å². The lowest BCUT2D eigenvalue weighted by atomic mass is 10.1. The largest absolute Gasteiger partial charge is 0.398 e. The molecule has 0 saturated carbocycles. The van der Waals surface area contributed by atoms with Crippen LogP contribution in [0.25, 0.3) is 0 Å². The highest BCUT2D eigenvalue weighted by Crippen LogP contribution is 2.23.